The van der Waals surface area contributed by atoms with E-state index in [9.17, 15) is 9.59 Å². The zero-order valence-corrected chi connectivity index (χ0v) is 8.17. The van der Waals surface area contributed by atoms with Crippen molar-refractivity contribution in [2.45, 2.75) is 6.42 Å². The first-order valence-corrected chi connectivity index (χ1v) is 4.77. The van der Waals surface area contributed by atoms with Gasteiger partial charge in [-0.25, -0.2) is 4.79 Å². The Morgan fingerprint density at radius 1 is 1.50 bits per heavy atom. The van der Waals surface area contributed by atoms with E-state index in [4.69, 9.17) is 16.2 Å². The summed E-state index contributed by atoms with van der Waals surface area (Å²) in [6.07, 6.45) is 0.0248. The van der Waals surface area contributed by atoms with Gasteiger partial charge in [0.05, 0.1) is 12.1 Å². The normalized spacial score (nSPS) is 9.71. The van der Waals surface area contributed by atoms with Crippen molar-refractivity contribution in [2.24, 2.45) is 5.73 Å². The summed E-state index contributed by atoms with van der Waals surface area (Å²) in [4.78, 5) is 22.0. The summed E-state index contributed by atoms with van der Waals surface area (Å²) in [6, 6.07) is 1.62. The number of amides is 1. The Labute approximate surface area is 84.6 Å². The molecule has 4 N–H and O–H groups in total. The maximum absolute atomic E-state index is 11.3. The molecule has 0 atom stereocenters. The Hall–Kier alpha value is -1.56. The second kappa shape index (κ2) is 4.61. The highest BCUT2D eigenvalue weighted by Gasteiger charge is 2.12. The van der Waals surface area contributed by atoms with Crippen molar-refractivity contribution in [1.29, 1.82) is 0 Å². The lowest BCUT2D eigenvalue weighted by atomic mass is 10.4. The van der Waals surface area contributed by atoms with Crippen LogP contribution in [0, 0.1) is 0 Å². The molecule has 1 aromatic heterocycles. The average molecular weight is 214 g/mol. The van der Waals surface area contributed by atoms with Crippen molar-refractivity contribution in [3.63, 3.8) is 0 Å². The van der Waals surface area contributed by atoms with Gasteiger partial charge in [-0.1, -0.05) is 0 Å². The molecule has 1 aromatic rings. The lowest BCUT2D eigenvalue weighted by molar-refractivity contribution is -0.118. The van der Waals surface area contributed by atoms with Gasteiger partial charge in [0.25, 0.3) is 0 Å². The summed E-state index contributed by atoms with van der Waals surface area (Å²) in [5, 5.41) is 1.69. The molecule has 1 rings (SSSR count). The number of ether oxygens (including phenoxy) is 1. The third kappa shape index (κ3) is 2.74. The number of hydrogen-bond acceptors (Lipinski definition) is 5. The predicted molar refractivity (Wildman–Crippen MR) is 52.8 cm³/mol. The molecule has 0 aliphatic heterocycles. The van der Waals surface area contributed by atoms with Crippen LogP contribution < -0.4 is 11.5 Å². The van der Waals surface area contributed by atoms with Crippen molar-refractivity contribution in [3.8, 4) is 0 Å². The van der Waals surface area contributed by atoms with Crippen LogP contribution in [0.25, 0.3) is 0 Å². The number of anilines is 1. The van der Waals surface area contributed by atoms with Crippen molar-refractivity contribution in [1.82, 2.24) is 0 Å². The third-order valence-electron chi connectivity index (χ3n) is 1.46. The van der Waals surface area contributed by atoms with Crippen molar-refractivity contribution >= 4 is 28.9 Å². The number of rotatable bonds is 4. The largest absolute Gasteiger partial charge is 0.461 e. The third-order valence-corrected chi connectivity index (χ3v) is 2.37. The average Bonchev–Trinajstić information content (AvgIpc) is 2.50. The molecule has 0 aromatic carbocycles. The van der Waals surface area contributed by atoms with Crippen molar-refractivity contribution in [3.05, 3.63) is 16.3 Å². The fourth-order valence-electron chi connectivity index (χ4n) is 0.795. The van der Waals surface area contributed by atoms with Crippen LogP contribution in [-0.4, -0.2) is 18.5 Å². The minimum absolute atomic E-state index is 0.00843. The first-order chi connectivity index (χ1) is 6.61. The van der Waals surface area contributed by atoms with Gasteiger partial charge in [-0.2, -0.15) is 0 Å². The molecule has 0 aliphatic rings. The smallest absolute Gasteiger partial charge is 0.350 e. The van der Waals surface area contributed by atoms with Gasteiger partial charge in [-0.05, 0) is 11.4 Å². The molecule has 0 aliphatic carbocycles. The Bertz CT molecular complexity index is 348. The molecular weight excluding hydrogens is 204 g/mol. The maximum Gasteiger partial charge on any atom is 0.350 e. The van der Waals surface area contributed by atoms with Gasteiger partial charge < -0.3 is 16.2 Å². The molecule has 0 saturated carbocycles. The number of thiophene rings is 1. The van der Waals surface area contributed by atoms with Gasteiger partial charge in [0, 0.05) is 0 Å². The molecule has 14 heavy (non-hydrogen) atoms. The van der Waals surface area contributed by atoms with E-state index in [2.05, 4.69) is 0 Å². The first kappa shape index (κ1) is 10.5. The molecule has 6 heteroatoms. The number of hydrogen-bond donors (Lipinski definition) is 2. The van der Waals surface area contributed by atoms with Crippen molar-refractivity contribution in [2.75, 3.05) is 12.3 Å². The monoisotopic (exact) mass is 214 g/mol. The SMILES string of the molecule is NC(=O)CCOC(=O)c1sccc1N. The summed E-state index contributed by atoms with van der Waals surface area (Å²) in [5.41, 5.74) is 10.8. The number of carbonyl (C=O) groups excluding carboxylic acids is 2. The fraction of sp³-hybridized carbons (Fsp3) is 0.250. The Balaban J connectivity index is 2.44. The molecular formula is C8H10N2O3S. The van der Waals surface area contributed by atoms with Crippen LogP contribution in [0.1, 0.15) is 16.1 Å². The number of esters is 1. The Morgan fingerprint density at radius 3 is 2.71 bits per heavy atom. The molecule has 0 radical (unpaired) electrons. The highest BCUT2D eigenvalue weighted by Crippen LogP contribution is 2.19. The lowest BCUT2D eigenvalue weighted by Crippen LogP contribution is -2.15. The van der Waals surface area contributed by atoms with E-state index in [1.165, 1.54) is 11.3 Å². The Morgan fingerprint density at radius 2 is 2.21 bits per heavy atom. The van der Waals surface area contributed by atoms with E-state index in [0.717, 1.165) is 0 Å². The molecule has 0 fully saturated rings. The molecule has 1 amide bonds. The minimum atomic E-state index is -0.515. The number of nitrogens with two attached hydrogens (primary N) is 2. The topological polar surface area (TPSA) is 95.4 Å². The van der Waals surface area contributed by atoms with E-state index in [1.54, 1.807) is 11.4 Å². The number of primary amides is 1. The van der Waals surface area contributed by atoms with E-state index >= 15 is 0 Å². The second-order valence-corrected chi connectivity index (χ2v) is 3.47. The summed E-state index contributed by atoms with van der Waals surface area (Å²) in [6.45, 7) is -0.00843. The van der Waals surface area contributed by atoms with Gasteiger partial charge >= 0.3 is 5.97 Å². The molecule has 1 heterocycles. The van der Waals surface area contributed by atoms with Crippen LogP contribution in [0.2, 0.25) is 0 Å². The van der Waals surface area contributed by atoms with Gasteiger partial charge in [-0.3, -0.25) is 4.79 Å². The number of nitrogen functional groups attached to an aromatic ring is 1. The zero-order valence-electron chi connectivity index (χ0n) is 7.36. The fourth-order valence-corrected chi connectivity index (χ4v) is 1.50. The molecule has 0 saturated heterocycles. The molecule has 5 nitrogen and oxygen atoms in total. The van der Waals surface area contributed by atoms with Gasteiger partial charge in [0.2, 0.25) is 5.91 Å². The van der Waals surface area contributed by atoms with Crippen LogP contribution in [0.5, 0.6) is 0 Å². The lowest BCUT2D eigenvalue weighted by Gasteiger charge is -2.01. The summed E-state index contributed by atoms with van der Waals surface area (Å²) >= 11 is 1.20. The van der Waals surface area contributed by atoms with Crippen LogP contribution >= 0.6 is 11.3 Å². The zero-order chi connectivity index (χ0) is 10.6. The standard InChI is InChI=1S/C8H10N2O3S/c9-5-2-4-14-7(5)8(12)13-3-1-6(10)11/h2,4H,1,3,9H2,(H2,10,11). The van der Waals surface area contributed by atoms with Crippen molar-refractivity contribution < 1.29 is 14.3 Å². The highest BCUT2D eigenvalue weighted by atomic mass is 32.1. The Kier molecular flexibility index (Phi) is 3.47. The van der Waals surface area contributed by atoms with Gasteiger partial charge in [0.15, 0.2) is 0 Å². The predicted octanol–water partition coefficient (Wildman–Crippen LogP) is 0.362. The van der Waals surface area contributed by atoms with Crippen LogP contribution in [0.3, 0.4) is 0 Å². The van der Waals surface area contributed by atoms with E-state index in [-0.39, 0.29) is 13.0 Å². The second-order valence-electron chi connectivity index (χ2n) is 2.56. The maximum atomic E-state index is 11.3. The quantitative estimate of drug-likeness (QED) is 0.707. The minimum Gasteiger partial charge on any atom is -0.461 e. The van der Waals surface area contributed by atoms with E-state index < -0.39 is 11.9 Å². The molecule has 0 bridgehead atoms. The molecule has 0 spiro atoms. The van der Waals surface area contributed by atoms with Crippen LogP contribution in [-0.2, 0) is 9.53 Å². The summed E-state index contributed by atoms with van der Waals surface area (Å²) in [7, 11) is 0. The molecule has 76 valence electrons. The summed E-state index contributed by atoms with van der Waals surface area (Å²) in [5.74, 6) is -1.02. The van der Waals surface area contributed by atoms with Gasteiger partial charge in [-0.15, -0.1) is 11.3 Å². The van der Waals surface area contributed by atoms with E-state index in [0.29, 0.717) is 10.6 Å². The van der Waals surface area contributed by atoms with Crippen LogP contribution in [0.4, 0.5) is 5.69 Å². The number of carbonyl (C=O) groups is 2. The van der Waals surface area contributed by atoms with E-state index in [1.807, 2.05) is 0 Å². The van der Waals surface area contributed by atoms with Gasteiger partial charge in [0.1, 0.15) is 11.5 Å². The first-order valence-electron chi connectivity index (χ1n) is 3.89. The molecule has 0 unspecified atom stereocenters. The summed E-state index contributed by atoms with van der Waals surface area (Å²) < 4.78 is 4.77. The highest BCUT2D eigenvalue weighted by molar-refractivity contribution is 7.12. The van der Waals surface area contributed by atoms with Crippen LogP contribution in [0.15, 0.2) is 11.4 Å².